The van der Waals surface area contributed by atoms with Crippen LogP contribution in [0.1, 0.15) is 96.9 Å². The van der Waals surface area contributed by atoms with Crippen molar-refractivity contribution in [3.8, 4) is 0 Å². The van der Waals surface area contributed by atoms with E-state index in [4.69, 9.17) is 66.3 Å². The van der Waals surface area contributed by atoms with Gasteiger partial charge in [-0.15, -0.1) is 0 Å². The molecule has 2 aliphatic rings. The van der Waals surface area contributed by atoms with Gasteiger partial charge in [0.05, 0.1) is 0 Å². The van der Waals surface area contributed by atoms with Crippen LogP contribution < -0.4 is 0 Å². The van der Waals surface area contributed by atoms with Crippen molar-refractivity contribution in [2.75, 3.05) is 79.3 Å². The highest BCUT2D eigenvalue weighted by Crippen LogP contribution is 2.67. The molecule has 0 aromatic heterocycles. The van der Waals surface area contributed by atoms with E-state index in [1.54, 1.807) is 95.2 Å². The van der Waals surface area contributed by atoms with E-state index in [2.05, 4.69) is 13.2 Å². The van der Waals surface area contributed by atoms with E-state index in [1.807, 2.05) is 13.8 Å². The van der Waals surface area contributed by atoms with Crippen molar-refractivity contribution in [3.05, 3.63) is 49.0 Å². The van der Waals surface area contributed by atoms with Gasteiger partial charge in [0.25, 0.3) is 23.1 Å². The van der Waals surface area contributed by atoms with Crippen LogP contribution in [0.3, 0.4) is 0 Å². The molecule has 16 heteroatoms. The van der Waals surface area contributed by atoms with Crippen LogP contribution >= 0.6 is 0 Å². The zero-order chi connectivity index (χ0) is 46.2. The van der Waals surface area contributed by atoms with E-state index in [0.29, 0.717) is 0 Å². The Balaban J connectivity index is 3.83. The molecule has 4 atom stereocenters. The first-order valence-electron chi connectivity index (χ1n) is 21.9. The minimum atomic E-state index is -2.18. The normalized spacial score (nSPS) is 25.3. The molecular formula is C45H76O16. The lowest BCUT2D eigenvalue weighted by molar-refractivity contribution is -0.509. The number of ether oxygens (including phenoxy) is 14. The molecule has 0 saturated heterocycles. The Bertz CT molecular complexity index is 1340. The highest BCUT2D eigenvalue weighted by molar-refractivity contribution is 5.82. The highest BCUT2D eigenvalue weighted by atomic mass is 16.8. The number of carbonyl (C=O) groups is 2. The summed E-state index contributed by atoms with van der Waals surface area (Å²) >= 11 is 0. The molecule has 4 unspecified atom stereocenters. The molecule has 0 aromatic carbocycles. The van der Waals surface area contributed by atoms with Gasteiger partial charge >= 0.3 is 11.9 Å². The second-order valence-electron chi connectivity index (χ2n) is 14.0. The average molecular weight is 873 g/mol. The average Bonchev–Trinajstić information content (AvgIpc) is 3.22. The molecule has 0 bridgehead atoms. The van der Waals surface area contributed by atoms with Gasteiger partial charge in [0, 0.05) is 96.8 Å². The molecule has 0 aliphatic heterocycles. The number of rotatable bonds is 30. The summed E-state index contributed by atoms with van der Waals surface area (Å²) in [6.07, 6.45) is 2.61. The number of esters is 2. The monoisotopic (exact) mass is 873 g/mol. The van der Waals surface area contributed by atoms with Gasteiger partial charge in [-0.25, -0.2) is 9.59 Å². The van der Waals surface area contributed by atoms with Crippen LogP contribution in [0.5, 0.6) is 0 Å². The van der Waals surface area contributed by atoms with E-state index in [-0.39, 0.29) is 90.8 Å². The van der Waals surface area contributed by atoms with E-state index in [9.17, 15) is 9.59 Å². The van der Waals surface area contributed by atoms with Gasteiger partial charge in [-0.2, -0.15) is 0 Å². The smallest absolute Gasteiger partial charge is 0.335 e. The predicted molar refractivity (Wildman–Crippen MR) is 226 cm³/mol. The summed E-state index contributed by atoms with van der Waals surface area (Å²) in [5.41, 5.74) is -5.93. The Kier molecular flexibility index (Phi) is 21.4. The molecule has 16 nitrogen and oxygen atoms in total. The largest absolute Gasteiger partial charge is 0.425 e. The second kappa shape index (κ2) is 23.9. The van der Waals surface area contributed by atoms with Crippen LogP contribution in [0.4, 0.5) is 0 Å². The summed E-state index contributed by atoms with van der Waals surface area (Å²) in [6, 6.07) is 0. The lowest BCUT2D eigenvalue weighted by Crippen LogP contribution is -2.88. The number of hydrogen-bond donors (Lipinski definition) is 0. The van der Waals surface area contributed by atoms with Gasteiger partial charge in [-0.3, -0.25) is 0 Å². The Morgan fingerprint density at radius 1 is 0.475 bits per heavy atom. The lowest BCUT2D eigenvalue weighted by Gasteiger charge is -2.70. The fourth-order valence-electron chi connectivity index (χ4n) is 9.08. The van der Waals surface area contributed by atoms with Crippen LogP contribution in [-0.4, -0.2) is 138 Å². The molecule has 2 rings (SSSR count). The quantitative estimate of drug-likeness (QED) is 0.0425. The second-order valence-corrected chi connectivity index (χ2v) is 14.0. The van der Waals surface area contributed by atoms with Crippen LogP contribution in [0.25, 0.3) is 0 Å². The molecular weight excluding hydrogens is 796 g/mol. The van der Waals surface area contributed by atoms with Crippen LogP contribution in [0.15, 0.2) is 49.0 Å². The molecule has 352 valence electrons. The minimum Gasteiger partial charge on any atom is -0.425 e. The molecule has 2 aliphatic carbocycles. The highest BCUT2D eigenvalue weighted by Gasteiger charge is 2.87. The molecule has 0 fully saturated rings. The third-order valence-corrected chi connectivity index (χ3v) is 10.7. The third-order valence-electron chi connectivity index (χ3n) is 10.7. The van der Waals surface area contributed by atoms with Gasteiger partial charge in [0.15, 0.2) is 23.4 Å². The number of carbonyl (C=O) groups excluding carboxylic acids is 2. The maximum absolute atomic E-state index is 13.4. The van der Waals surface area contributed by atoms with Gasteiger partial charge in [-0.05, 0) is 95.2 Å². The maximum Gasteiger partial charge on any atom is 0.335 e. The van der Waals surface area contributed by atoms with Crippen LogP contribution in [0.2, 0.25) is 0 Å². The first-order chi connectivity index (χ1) is 29.1. The SMILES string of the molecule is C=CC(=O)OC1=CC(OCC)(C(C)(C)C2(OCC)C=C(OC(=O)C=C)C(OCC)C(OCC)(OCC)C2(OCC)OCC)C(OCC)(OCC)C(OCC)(OCC)C1OCC. The fraction of sp³-hybridized carbons (Fsp3) is 0.778. The van der Waals surface area contributed by atoms with Crippen molar-refractivity contribution in [1.82, 2.24) is 0 Å². The summed E-state index contributed by atoms with van der Waals surface area (Å²) in [6.45, 7) is 32.7. The third kappa shape index (κ3) is 9.07. The van der Waals surface area contributed by atoms with Gasteiger partial charge in [0.1, 0.15) is 11.5 Å². The van der Waals surface area contributed by atoms with Crippen molar-refractivity contribution in [2.45, 2.75) is 143 Å². The summed E-state index contributed by atoms with van der Waals surface area (Å²) in [7, 11) is 0. The van der Waals surface area contributed by atoms with E-state index in [1.165, 1.54) is 0 Å². The first kappa shape index (κ1) is 54.6. The van der Waals surface area contributed by atoms with Crippen molar-refractivity contribution in [2.24, 2.45) is 5.41 Å². The van der Waals surface area contributed by atoms with E-state index < -0.39 is 63.9 Å². The fourth-order valence-corrected chi connectivity index (χ4v) is 9.08. The van der Waals surface area contributed by atoms with Crippen LogP contribution in [-0.2, 0) is 75.9 Å². The molecule has 0 N–H and O–H groups in total. The topological polar surface area (TPSA) is 163 Å². The van der Waals surface area contributed by atoms with Crippen molar-refractivity contribution in [3.63, 3.8) is 0 Å². The van der Waals surface area contributed by atoms with E-state index >= 15 is 0 Å². The molecule has 0 spiro atoms. The Labute approximate surface area is 364 Å². The molecule has 0 amide bonds. The van der Waals surface area contributed by atoms with Gasteiger partial charge in [-0.1, -0.05) is 27.0 Å². The number of hydrogen-bond acceptors (Lipinski definition) is 16. The first-order valence-corrected chi connectivity index (χ1v) is 21.9. The molecule has 0 saturated carbocycles. The molecule has 0 aromatic rings. The van der Waals surface area contributed by atoms with Crippen molar-refractivity contribution in [1.29, 1.82) is 0 Å². The Hall–Kier alpha value is -2.58. The van der Waals surface area contributed by atoms with Crippen molar-refractivity contribution >= 4 is 11.9 Å². The Morgan fingerprint density at radius 3 is 0.951 bits per heavy atom. The van der Waals surface area contributed by atoms with Gasteiger partial charge < -0.3 is 66.3 Å². The lowest BCUT2D eigenvalue weighted by atomic mass is 9.51. The maximum atomic E-state index is 13.4. The predicted octanol–water partition coefficient (Wildman–Crippen LogP) is 6.70. The zero-order valence-electron chi connectivity index (χ0n) is 39.4. The summed E-state index contributed by atoms with van der Waals surface area (Å²) in [5, 5.41) is 0. The standard InChI is InChI=1S/C45H76O16/c1-17-35(46)60-33-31-40(50-21-5,44(56-27-11,57-28-12)42(52-23-7,53-24-8)37(33)48-19-3)39(15,16)41(51-22-6)32-34(61-36(47)18-2)38(49-20-4)43(54-25-9,55-26-10)45(41,58-29-13)59-30-14/h17-18,31-32,37-38H,1-2,19-30H2,3-16H3. The van der Waals surface area contributed by atoms with Crippen LogP contribution in [0, 0.1) is 5.41 Å². The summed E-state index contributed by atoms with van der Waals surface area (Å²) < 4.78 is 95.1. The summed E-state index contributed by atoms with van der Waals surface area (Å²) in [4.78, 5) is 26.9. The summed E-state index contributed by atoms with van der Waals surface area (Å²) in [5.74, 6) is -10.3. The molecule has 61 heavy (non-hydrogen) atoms. The van der Waals surface area contributed by atoms with E-state index in [0.717, 1.165) is 12.2 Å². The molecule has 0 radical (unpaired) electrons. The zero-order valence-corrected chi connectivity index (χ0v) is 39.4. The Morgan fingerprint density at radius 2 is 0.738 bits per heavy atom. The van der Waals surface area contributed by atoms with Gasteiger partial charge in [0.2, 0.25) is 0 Å². The van der Waals surface area contributed by atoms with Crippen molar-refractivity contribution < 1.29 is 75.9 Å². The minimum absolute atomic E-state index is 0.0112. The molecule has 0 heterocycles.